The van der Waals surface area contributed by atoms with Crippen molar-refractivity contribution in [2.45, 2.75) is 42.2 Å². The molecule has 0 spiro atoms. The van der Waals surface area contributed by atoms with E-state index in [2.05, 4.69) is 0 Å². The lowest BCUT2D eigenvalue weighted by atomic mass is 10.0. The van der Waals surface area contributed by atoms with Gasteiger partial charge < -0.3 is 11.5 Å². The van der Waals surface area contributed by atoms with E-state index in [1.807, 2.05) is 0 Å². The minimum absolute atomic E-state index is 0.440. The van der Waals surface area contributed by atoms with Gasteiger partial charge in [0.25, 0.3) is 0 Å². The van der Waals surface area contributed by atoms with E-state index >= 15 is 0 Å². The zero-order chi connectivity index (χ0) is 13.1. The summed E-state index contributed by atoms with van der Waals surface area (Å²) in [5, 5.41) is 1.05. The highest BCUT2D eigenvalue weighted by Gasteiger charge is 2.20. The fourth-order valence-electron chi connectivity index (χ4n) is 2.27. The van der Waals surface area contributed by atoms with Gasteiger partial charge in [0, 0.05) is 15.8 Å². The Morgan fingerprint density at radius 2 is 1.94 bits per heavy atom. The fraction of sp³-hybridized carbons (Fsp3) is 0.462. The van der Waals surface area contributed by atoms with Gasteiger partial charge in [-0.3, -0.25) is 4.79 Å². The van der Waals surface area contributed by atoms with Crippen LogP contribution in [0.1, 0.15) is 42.5 Å². The van der Waals surface area contributed by atoms with Crippen molar-refractivity contribution in [1.82, 2.24) is 0 Å². The molecule has 1 aromatic rings. The monoisotopic (exact) mass is 284 g/mol. The minimum Gasteiger partial charge on any atom is -0.399 e. The van der Waals surface area contributed by atoms with Gasteiger partial charge in [0.05, 0.1) is 10.6 Å². The van der Waals surface area contributed by atoms with Gasteiger partial charge in [-0.05, 0) is 25.0 Å². The fourth-order valence-corrected chi connectivity index (χ4v) is 3.99. The second kappa shape index (κ2) is 5.85. The van der Waals surface area contributed by atoms with Gasteiger partial charge in [-0.2, -0.15) is 0 Å². The topological polar surface area (TPSA) is 69.1 Å². The minimum atomic E-state index is -0.470. The predicted molar refractivity (Wildman–Crippen MR) is 77.1 cm³/mol. The second-order valence-corrected chi connectivity index (χ2v) is 6.34. The highest BCUT2D eigenvalue weighted by atomic mass is 35.5. The van der Waals surface area contributed by atoms with Gasteiger partial charge in [0.2, 0.25) is 5.91 Å². The van der Waals surface area contributed by atoms with Gasteiger partial charge in [-0.15, -0.1) is 11.8 Å². The molecule has 1 fully saturated rings. The predicted octanol–water partition coefficient (Wildman–Crippen LogP) is 3.45. The van der Waals surface area contributed by atoms with E-state index in [0.717, 1.165) is 4.90 Å². The molecule has 0 aromatic heterocycles. The number of carbonyl (C=O) groups is 1. The molecule has 1 saturated carbocycles. The quantitative estimate of drug-likeness (QED) is 0.835. The highest BCUT2D eigenvalue weighted by Crippen LogP contribution is 2.39. The molecule has 0 heterocycles. The first kappa shape index (κ1) is 13.6. The molecule has 4 N–H and O–H groups in total. The summed E-state index contributed by atoms with van der Waals surface area (Å²) in [5.74, 6) is -0.470. The first-order valence-electron chi connectivity index (χ1n) is 6.13. The number of benzene rings is 1. The van der Waals surface area contributed by atoms with Gasteiger partial charge in [0.15, 0.2) is 0 Å². The van der Waals surface area contributed by atoms with Crippen LogP contribution in [-0.2, 0) is 0 Å². The number of amides is 1. The van der Waals surface area contributed by atoms with Crippen molar-refractivity contribution in [1.29, 1.82) is 0 Å². The van der Waals surface area contributed by atoms with Gasteiger partial charge in [-0.25, -0.2) is 0 Å². The van der Waals surface area contributed by atoms with Crippen LogP contribution >= 0.6 is 23.4 Å². The van der Waals surface area contributed by atoms with Crippen molar-refractivity contribution in [2.24, 2.45) is 5.73 Å². The van der Waals surface area contributed by atoms with E-state index in [4.69, 9.17) is 23.1 Å². The summed E-state index contributed by atoms with van der Waals surface area (Å²) >= 11 is 7.86. The van der Waals surface area contributed by atoms with Crippen molar-refractivity contribution in [3.8, 4) is 0 Å². The van der Waals surface area contributed by atoms with Crippen molar-refractivity contribution in [3.05, 3.63) is 22.7 Å². The van der Waals surface area contributed by atoms with E-state index in [0.29, 0.717) is 21.5 Å². The number of hydrogen-bond acceptors (Lipinski definition) is 3. The molecule has 5 heteroatoms. The Hall–Kier alpha value is -0.870. The first-order chi connectivity index (χ1) is 8.58. The Labute approximate surface area is 116 Å². The van der Waals surface area contributed by atoms with E-state index in [-0.39, 0.29) is 0 Å². The Kier molecular flexibility index (Phi) is 4.40. The molecular formula is C13H17ClN2OS. The molecule has 0 saturated heterocycles. The van der Waals surface area contributed by atoms with Gasteiger partial charge in [0.1, 0.15) is 0 Å². The molecular weight excluding hydrogens is 268 g/mol. The maximum atomic E-state index is 11.5. The van der Waals surface area contributed by atoms with Crippen LogP contribution < -0.4 is 11.5 Å². The molecule has 1 aliphatic rings. The number of halogens is 1. The first-order valence-corrected chi connectivity index (χ1v) is 7.39. The summed E-state index contributed by atoms with van der Waals surface area (Å²) in [6, 6.07) is 3.29. The summed E-state index contributed by atoms with van der Waals surface area (Å²) in [5.41, 5.74) is 12.0. The second-order valence-electron chi connectivity index (χ2n) is 4.62. The van der Waals surface area contributed by atoms with Crippen LogP contribution in [0.3, 0.4) is 0 Å². The van der Waals surface area contributed by atoms with Crippen LogP contribution in [0.5, 0.6) is 0 Å². The third-order valence-corrected chi connectivity index (χ3v) is 5.06. The lowest BCUT2D eigenvalue weighted by molar-refractivity contribution is 0.0997. The number of carbonyl (C=O) groups excluding carboxylic acids is 1. The Morgan fingerprint density at radius 1 is 1.28 bits per heavy atom. The largest absolute Gasteiger partial charge is 0.399 e. The molecule has 0 bridgehead atoms. The van der Waals surface area contributed by atoms with Crippen LogP contribution in [0.2, 0.25) is 5.02 Å². The summed E-state index contributed by atoms with van der Waals surface area (Å²) < 4.78 is 0. The zero-order valence-electron chi connectivity index (χ0n) is 10.1. The van der Waals surface area contributed by atoms with E-state index in [9.17, 15) is 4.79 Å². The van der Waals surface area contributed by atoms with Crippen molar-refractivity contribution in [2.75, 3.05) is 5.73 Å². The molecule has 2 rings (SSSR count). The van der Waals surface area contributed by atoms with Crippen molar-refractivity contribution < 1.29 is 4.79 Å². The molecule has 98 valence electrons. The molecule has 3 nitrogen and oxygen atoms in total. The molecule has 0 unspecified atom stereocenters. The molecule has 18 heavy (non-hydrogen) atoms. The molecule has 1 amide bonds. The Bertz CT molecular complexity index is 459. The number of hydrogen-bond donors (Lipinski definition) is 2. The summed E-state index contributed by atoms with van der Waals surface area (Å²) in [6.07, 6.45) is 6.13. The average Bonchev–Trinajstić information content (AvgIpc) is 2.33. The summed E-state index contributed by atoms with van der Waals surface area (Å²) in [4.78, 5) is 12.2. The van der Waals surface area contributed by atoms with Crippen LogP contribution in [0.15, 0.2) is 17.0 Å². The Morgan fingerprint density at radius 3 is 2.56 bits per heavy atom. The van der Waals surface area contributed by atoms with Crippen LogP contribution in [-0.4, -0.2) is 11.2 Å². The molecule has 0 radical (unpaired) electrons. The van der Waals surface area contributed by atoms with Crippen molar-refractivity contribution >= 4 is 35.0 Å². The SMILES string of the molecule is NC(=O)c1cc(N)cc(Cl)c1SC1CCCCC1. The summed E-state index contributed by atoms with van der Waals surface area (Å²) in [6.45, 7) is 0. The van der Waals surface area contributed by atoms with Gasteiger partial charge in [-0.1, -0.05) is 30.9 Å². The maximum Gasteiger partial charge on any atom is 0.249 e. The Balaban J connectivity index is 2.27. The van der Waals surface area contributed by atoms with E-state index < -0.39 is 5.91 Å². The van der Waals surface area contributed by atoms with Crippen LogP contribution in [0.25, 0.3) is 0 Å². The number of nitrogen functional groups attached to an aromatic ring is 1. The van der Waals surface area contributed by atoms with Crippen LogP contribution in [0.4, 0.5) is 5.69 Å². The summed E-state index contributed by atoms with van der Waals surface area (Å²) in [7, 11) is 0. The molecule has 1 aromatic carbocycles. The normalized spacial score (nSPS) is 16.7. The number of rotatable bonds is 3. The lowest BCUT2D eigenvalue weighted by Gasteiger charge is -2.22. The third-order valence-electron chi connectivity index (χ3n) is 3.17. The number of nitrogens with two attached hydrogens (primary N) is 2. The zero-order valence-corrected chi connectivity index (χ0v) is 11.7. The standard InChI is InChI=1S/C13H17ClN2OS/c14-11-7-8(15)6-10(13(16)17)12(11)18-9-4-2-1-3-5-9/h6-7,9H,1-5,15H2,(H2,16,17). The third kappa shape index (κ3) is 3.12. The number of anilines is 1. The molecule has 0 aliphatic heterocycles. The van der Waals surface area contributed by atoms with E-state index in [1.54, 1.807) is 23.9 Å². The smallest absolute Gasteiger partial charge is 0.249 e. The highest BCUT2D eigenvalue weighted by molar-refractivity contribution is 8.00. The van der Waals surface area contributed by atoms with Crippen molar-refractivity contribution in [3.63, 3.8) is 0 Å². The number of primary amides is 1. The van der Waals surface area contributed by atoms with Gasteiger partial charge >= 0.3 is 0 Å². The van der Waals surface area contributed by atoms with Crippen LogP contribution in [0, 0.1) is 0 Å². The lowest BCUT2D eigenvalue weighted by Crippen LogP contribution is -2.15. The molecule has 1 aliphatic carbocycles. The molecule has 0 atom stereocenters. The van der Waals surface area contributed by atoms with E-state index in [1.165, 1.54) is 32.1 Å². The average molecular weight is 285 g/mol. The maximum absolute atomic E-state index is 11.5. The number of thioether (sulfide) groups is 1.